The lowest BCUT2D eigenvalue weighted by Gasteiger charge is -2.29. The zero-order valence-electron chi connectivity index (χ0n) is 47.4. The molecular formula is C75H65N5. The molecule has 0 spiro atoms. The third-order valence-corrected chi connectivity index (χ3v) is 17.4. The van der Waals surface area contributed by atoms with E-state index < -0.39 is 0 Å². The van der Waals surface area contributed by atoms with Crippen molar-refractivity contribution < 1.29 is 0 Å². The van der Waals surface area contributed by atoms with Crippen LogP contribution in [0.2, 0.25) is 0 Å². The van der Waals surface area contributed by atoms with Gasteiger partial charge in [0.25, 0.3) is 0 Å². The number of aromatic nitrogens is 4. The molecule has 14 aromatic rings. The Bertz CT molecular complexity index is 4400. The van der Waals surface area contributed by atoms with E-state index >= 15 is 0 Å². The number of nitrogens with zero attached hydrogens (tertiary/aromatic N) is 5. The molecule has 0 aliphatic heterocycles. The van der Waals surface area contributed by atoms with Gasteiger partial charge in [-0.2, -0.15) is 5.26 Å². The highest BCUT2D eigenvalue weighted by Crippen LogP contribution is 2.52. The Labute approximate surface area is 468 Å². The van der Waals surface area contributed by atoms with Gasteiger partial charge in [-0.15, -0.1) is 0 Å². The molecule has 0 radical (unpaired) electrons. The molecule has 390 valence electrons. The Kier molecular flexibility index (Phi) is 11.4. The van der Waals surface area contributed by atoms with E-state index in [0.29, 0.717) is 29.2 Å². The van der Waals surface area contributed by atoms with Gasteiger partial charge in [0.1, 0.15) is 11.6 Å². The Morgan fingerprint density at radius 3 is 0.838 bits per heavy atom. The molecule has 0 fully saturated rings. The first-order chi connectivity index (χ1) is 38.8. The Morgan fingerprint density at radius 1 is 0.300 bits per heavy atom. The van der Waals surface area contributed by atoms with Crippen LogP contribution < -0.4 is 0 Å². The number of fused-ring (bicyclic) bond motifs is 12. The Hall–Kier alpha value is -9.11. The van der Waals surface area contributed by atoms with Gasteiger partial charge in [0.05, 0.1) is 66.9 Å². The number of nitriles is 1. The first kappa shape index (κ1) is 49.2. The molecule has 0 amide bonds. The predicted octanol–water partition coefficient (Wildman–Crippen LogP) is 20.7. The van der Waals surface area contributed by atoms with Crippen molar-refractivity contribution in [2.24, 2.45) is 0 Å². The summed E-state index contributed by atoms with van der Waals surface area (Å²) < 4.78 is 9.97. The van der Waals surface area contributed by atoms with Gasteiger partial charge in [-0.1, -0.05) is 182 Å². The van der Waals surface area contributed by atoms with Crippen LogP contribution in [0.1, 0.15) is 118 Å². The minimum atomic E-state index is 0.315. The lowest BCUT2D eigenvalue weighted by Crippen LogP contribution is -2.16. The van der Waals surface area contributed by atoms with Crippen molar-refractivity contribution in [2.45, 2.75) is 92.9 Å². The smallest absolute Gasteiger partial charge is 0.104 e. The number of rotatable bonds is 9. The zero-order chi connectivity index (χ0) is 55.0. The lowest BCUT2D eigenvalue weighted by atomic mass is 9.91. The molecule has 80 heavy (non-hydrogen) atoms. The summed E-state index contributed by atoms with van der Waals surface area (Å²) in [6.45, 7) is 22.8. The van der Waals surface area contributed by atoms with Crippen LogP contribution >= 0.6 is 0 Å². The number of hydrogen-bond donors (Lipinski definition) is 0. The number of para-hydroxylation sites is 4. The highest BCUT2D eigenvalue weighted by atomic mass is 15.1. The van der Waals surface area contributed by atoms with Crippen LogP contribution in [0.15, 0.2) is 188 Å². The molecule has 0 atom stereocenters. The van der Waals surface area contributed by atoms with Crippen molar-refractivity contribution in [1.82, 2.24) is 18.3 Å². The summed E-state index contributed by atoms with van der Waals surface area (Å²) in [7, 11) is 0. The van der Waals surface area contributed by atoms with E-state index in [-0.39, 0.29) is 0 Å². The lowest BCUT2D eigenvalue weighted by molar-refractivity contribution is 0.868. The summed E-state index contributed by atoms with van der Waals surface area (Å²) in [4.78, 5) is 0. The van der Waals surface area contributed by atoms with E-state index in [1.165, 1.54) is 43.8 Å². The fourth-order valence-corrected chi connectivity index (χ4v) is 13.4. The quantitative estimate of drug-likeness (QED) is 0.142. The maximum absolute atomic E-state index is 13.0. The van der Waals surface area contributed by atoms with Gasteiger partial charge in [-0.3, -0.25) is 0 Å². The van der Waals surface area contributed by atoms with Gasteiger partial charge < -0.3 is 18.3 Å². The zero-order valence-corrected chi connectivity index (χ0v) is 47.4. The number of hydrogen-bond acceptors (Lipinski definition) is 1. The van der Waals surface area contributed by atoms with E-state index in [0.717, 1.165) is 111 Å². The molecule has 0 unspecified atom stereocenters. The standard InChI is InChI=1S/C75H65N5/c1-43(2)49-27-31-67-58(38-49)59-39-50(44(3)4)28-32-68(59)79(67)74-71(53-36-47(9)35-48(10)37-53)75(80-69-33-29-51(45(5)6)40-60(69)61-41-52(46(7)8)30-34-70(61)80)73(78-65-25-17-13-21-56(65)57-22-14-18-26-66(57)78)62(42-76)72(74)77-63-23-15-11-19-54(63)55-20-12-16-24-64(55)77/h11-41,43-46H,1-10H3. The van der Waals surface area contributed by atoms with Crippen molar-refractivity contribution in [3.63, 3.8) is 0 Å². The van der Waals surface area contributed by atoms with Crippen LogP contribution in [0.3, 0.4) is 0 Å². The second-order valence-electron chi connectivity index (χ2n) is 23.8. The molecule has 5 heteroatoms. The molecule has 0 aliphatic rings. The average Bonchev–Trinajstić information content (AvgIpc) is 4.26. The normalized spacial score (nSPS) is 12.3. The summed E-state index contributed by atoms with van der Waals surface area (Å²) in [5.41, 5.74) is 22.1. The molecule has 4 heterocycles. The van der Waals surface area contributed by atoms with Crippen LogP contribution in [0.25, 0.3) is 121 Å². The summed E-state index contributed by atoms with van der Waals surface area (Å²) in [5, 5.41) is 22.3. The van der Waals surface area contributed by atoms with Crippen LogP contribution in [0.4, 0.5) is 0 Å². The van der Waals surface area contributed by atoms with Crippen LogP contribution in [0, 0.1) is 25.2 Å². The number of aryl methyl sites for hydroxylation is 2. The van der Waals surface area contributed by atoms with Gasteiger partial charge >= 0.3 is 0 Å². The first-order valence-corrected chi connectivity index (χ1v) is 28.7. The molecule has 0 bridgehead atoms. The first-order valence-electron chi connectivity index (χ1n) is 28.7. The molecule has 14 rings (SSSR count). The van der Waals surface area contributed by atoms with Crippen LogP contribution in [-0.4, -0.2) is 18.3 Å². The minimum Gasteiger partial charge on any atom is -0.306 e. The summed E-state index contributed by atoms with van der Waals surface area (Å²) >= 11 is 0. The van der Waals surface area contributed by atoms with Crippen LogP contribution in [-0.2, 0) is 0 Å². The molecule has 5 nitrogen and oxygen atoms in total. The van der Waals surface area contributed by atoms with Crippen molar-refractivity contribution in [3.05, 3.63) is 227 Å². The van der Waals surface area contributed by atoms with Gasteiger partial charge in [0, 0.05) is 48.7 Å². The van der Waals surface area contributed by atoms with Crippen molar-refractivity contribution in [1.29, 1.82) is 5.26 Å². The second kappa shape index (κ2) is 18.5. The van der Waals surface area contributed by atoms with E-state index in [4.69, 9.17) is 0 Å². The van der Waals surface area contributed by atoms with E-state index in [9.17, 15) is 5.26 Å². The monoisotopic (exact) mass is 1040 g/mol. The molecule has 0 N–H and O–H groups in total. The van der Waals surface area contributed by atoms with Gasteiger partial charge in [-0.25, -0.2) is 0 Å². The van der Waals surface area contributed by atoms with Gasteiger partial charge in [0.2, 0.25) is 0 Å². The van der Waals surface area contributed by atoms with E-state index in [1.807, 2.05) is 0 Å². The third kappa shape index (κ3) is 7.28. The van der Waals surface area contributed by atoms with Crippen molar-refractivity contribution >= 4 is 87.2 Å². The summed E-state index contributed by atoms with van der Waals surface area (Å²) in [6.07, 6.45) is 0. The molecule has 0 saturated carbocycles. The van der Waals surface area contributed by atoms with E-state index in [1.54, 1.807) is 0 Å². The molecule has 10 aromatic carbocycles. The van der Waals surface area contributed by atoms with Crippen molar-refractivity contribution in [3.8, 4) is 39.9 Å². The molecule has 4 aromatic heterocycles. The molecule has 0 aliphatic carbocycles. The highest BCUT2D eigenvalue weighted by Gasteiger charge is 2.35. The van der Waals surface area contributed by atoms with Gasteiger partial charge in [-0.05, 0) is 138 Å². The van der Waals surface area contributed by atoms with E-state index in [2.05, 4.69) is 282 Å². The fourth-order valence-electron chi connectivity index (χ4n) is 13.4. The number of benzene rings is 10. The third-order valence-electron chi connectivity index (χ3n) is 17.4. The summed E-state index contributed by atoms with van der Waals surface area (Å²) in [5.74, 6) is 1.26. The highest BCUT2D eigenvalue weighted by molar-refractivity contribution is 6.17. The second-order valence-corrected chi connectivity index (χ2v) is 23.8. The summed E-state index contributed by atoms with van der Waals surface area (Å²) in [6, 6.07) is 73.7. The van der Waals surface area contributed by atoms with Crippen LogP contribution in [0.5, 0.6) is 0 Å². The fraction of sp³-hybridized carbons (Fsp3) is 0.187. The van der Waals surface area contributed by atoms with Gasteiger partial charge in [0.15, 0.2) is 0 Å². The minimum absolute atomic E-state index is 0.315. The predicted molar refractivity (Wildman–Crippen MR) is 340 cm³/mol. The molecule has 0 saturated heterocycles. The maximum Gasteiger partial charge on any atom is 0.104 e. The maximum atomic E-state index is 13.0. The Morgan fingerprint density at radius 2 is 0.562 bits per heavy atom. The molecular weight excluding hydrogens is 971 g/mol. The van der Waals surface area contributed by atoms with Crippen molar-refractivity contribution in [2.75, 3.05) is 0 Å². The largest absolute Gasteiger partial charge is 0.306 e. The topological polar surface area (TPSA) is 43.5 Å². The average molecular weight is 1040 g/mol. The Balaban J connectivity index is 1.36. The SMILES string of the molecule is Cc1cc(C)cc(-c2c(-n3c4ccc(C(C)C)cc4c4cc(C(C)C)ccc43)c(-n3c4ccccc4c4ccccc43)c(C#N)c(-n3c4ccccc4c4ccccc43)c2-n2c3ccc(C(C)C)cc3c3cc(C(C)C)ccc32)c1.